The number of carbonyl (C=O) groups is 2. The van der Waals surface area contributed by atoms with Crippen LogP contribution >= 0.6 is 0 Å². The van der Waals surface area contributed by atoms with Crippen molar-refractivity contribution in [2.75, 3.05) is 23.4 Å². The maximum atomic E-state index is 12.4. The average molecular weight is 367 g/mol. The Bertz CT molecular complexity index is 833. The molecule has 0 aliphatic carbocycles. The number of hydrogen-bond donors (Lipinski definition) is 2. The van der Waals surface area contributed by atoms with Crippen LogP contribution in [-0.4, -0.2) is 31.1 Å². The van der Waals surface area contributed by atoms with Gasteiger partial charge in [-0.2, -0.15) is 0 Å². The number of anilines is 2. The summed E-state index contributed by atoms with van der Waals surface area (Å²) in [6.45, 7) is 6.94. The van der Waals surface area contributed by atoms with Crippen molar-refractivity contribution in [2.45, 2.75) is 33.2 Å². The molecule has 0 radical (unpaired) electrons. The number of hydrogen-bond acceptors (Lipinski definition) is 3. The highest BCUT2D eigenvalue weighted by Crippen LogP contribution is 2.24. The van der Waals surface area contributed by atoms with E-state index in [9.17, 15) is 9.59 Å². The smallest absolute Gasteiger partial charge is 0.319 e. The van der Waals surface area contributed by atoms with Crippen molar-refractivity contribution in [3.05, 3.63) is 53.6 Å². The van der Waals surface area contributed by atoms with Gasteiger partial charge in [0.1, 0.15) is 5.75 Å². The molecule has 0 bridgehead atoms. The molecule has 2 N–H and O–H groups in total. The third-order valence-corrected chi connectivity index (χ3v) is 4.55. The van der Waals surface area contributed by atoms with Gasteiger partial charge in [0.2, 0.25) is 5.91 Å². The molecular weight excluding hydrogens is 342 g/mol. The number of nitrogens with one attached hydrogen (secondary N) is 2. The summed E-state index contributed by atoms with van der Waals surface area (Å²) in [5, 5.41) is 5.75. The van der Waals surface area contributed by atoms with E-state index in [0.717, 1.165) is 28.3 Å². The second-order valence-corrected chi connectivity index (χ2v) is 6.75. The van der Waals surface area contributed by atoms with Gasteiger partial charge in [0.05, 0.1) is 12.6 Å². The summed E-state index contributed by atoms with van der Waals surface area (Å²) in [7, 11) is 0. The van der Waals surface area contributed by atoms with Gasteiger partial charge in [0.15, 0.2) is 0 Å². The zero-order chi connectivity index (χ0) is 19.4. The molecule has 2 aromatic rings. The van der Waals surface area contributed by atoms with Crippen LogP contribution in [0, 0.1) is 13.8 Å². The number of amides is 3. The van der Waals surface area contributed by atoms with Crippen LogP contribution in [0.4, 0.5) is 16.2 Å². The number of carbonyl (C=O) groups excluding carboxylic acids is 2. The minimum absolute atomic E-state index is 0.00373. The molecule has 0 unspecified atom stereocenters. The number of ether oxygens (including phenoxy) is 1. The number of aryl methyl sites for hydroxylation is 2. The Morgan fingerprint density at radius 2 is 1.93 bits per heavy atom. The van der Waals surface area contributed by atoms with Gasteiger partial charge in [0.25, 0.3) is 0 Å². The molecule has 0 aromatic heterocycles. The largest absolute Gasteiger partial charge is 0.494 e. The number of urea groups is 1. The number of rotatable bonds is 5. The fourth-order valence-electron chi connectivity index (χ4n) is 3.24. The van der Waals surface area contributed by atoms with Crippen LogP contribution in [0.3, 0.4) is 0 Å². The Balaban J connectivity index is 1.59. The van der Waals surface area contributed by atoms with Crippen molar-refractivity contribution >= 4 is 23.3 Å². The number of benzene rings is 2. The standard InChI is InChI=1S/C21H25N3O3/c1-4-27-18-8-6-17(7-9-18)24-13-16(12-20(24)25)22-21(26)23-19-10-5-14(2)11-15(19)3/h5-11,16H,4,12-13H2,1-3H3,(H2,22,23,26)/t16-/m1/s1. The fraction of sp³-hybridized carbons (Fsp3) is 0.333. The first kappa shape index (κ1) is 18.8. The first-order valence-electron chi connectivity index (χ1n) is 9.14. The third kappa shape index (κ3) is 4.58. The summed E-state index contributed by atoms with van der Waals surface area (Å²) < 4.78 is 5.43. The first-order valence-corrected chi connectivity index (χ1v) is 9.14. The van der Waals surface area contributed by atoms with E-state index in [4.69, 9.17) is 4.74 Å². The summed E-state index contributed by atoms with van der Waals surface area (Å²) in [5.41, 5.74) is 3.72. The molecule has 3 amide bonds. The predicted molar refractivity (Wildman–Crippen MR) is 106 cm³/mol. The van der Waals surface area contributed by atoms with Gasteiger partial charge >= 0.3 is 6.03 Å². The molecular formula is C21H25N3O3. The molecule has 1 fully saturated rings. The van der Waals surface area contributed by atoms with E-state index in [1.54, 1.807) is 4.90 Å². The summed E-state index contributed by atoms with van der Waals surface area (Å²) in [6, 6.07) is 12.7. The van der Waals surface area contributed by atoms with Crippen molar-refractivity contribution in [1.82, 2.24) is 5.32 Å². The Morgan fingerprint density at radius 3 is 2.59 bits per heavy atom. The topological polar surface area (TPSA) is 70.7 Å². The molecule has 1 atom stereocenters. The zero-order valence-electron chi connectivity index (χ0n) is 15.9. The van der Waals surface area contributed by atoms with Crippen molar-refractivity contribution in [3.63, 3.8) is 0 Å². The van der Waals surface area contributed by atoms with E-state index in [0.29, 0.717) is 13.2 Å². The molecule has 6 heteroatoms. The summed E-state index contributed by atoms with van der Waals surface area (Å²) in [5.74, 6) is 0.770. The maximum absolute atomic E-state index is 12.4. The quantitative estimate of drug-likeness (QED) is 0.848. The second kappa shape index (κ2) is 8.12. The molecule has 0 saturated carbocycles. The lowest BCUT2D eigenvalue weighted by Gasteiger charge is -2.18. The van der Waals surface area contributed by atoms with Gasteiger partial charge in [-0.05, 0) is 56.7 Å². The van der Waals surface area contributed by atoms with Crippen molar-refractivity contribution in [2.24, 2.45) is 0 Å². The Labute approximate surface area is 159 Å². The molecule has 142 valence electrons. The predicted octanol–water partition coefficient (Wildman–Crippen LogP) is 3.63. The minimum Gasteiger partial charge on any atom is -0.494 e. The Kier molecular flexibility index (Phi) is 5.64. The van der Waals surface area contributed by atoms with E-state index in [2.05, 4.69) is 10.6 Å². The van der Waals surface area contributed by atoms with E-state index in [1.807, 2.05) is 63.2 Å². The molecule has 2 aromatic carbocycles. The van der Waals surface area contributed by atoms with E-state index in [-0.39, 0.29) is 24.4 Å². The Hall–Kier alpha value is -3.02. The number of nitrogens with zero attached hydrogens (tertiary/aromatic N) is 1. The molecule has 0 spiro atoms. The van der Waals surface area contributed by atoms with Gasteiger partial charge in [-0.25, -0.2) is 4.79 Å². The van der Waals surface area contributed by atoms with Gasteiger partial charge in [-0.15, -0.1) is 0 Å². The van der Waals surface area contributed by atoms with Gasteiger partial charge in [0, 0.05) is 24.3 Å². The molecule has 27 heavy (non-hydrogen) atoms. The maximum Gasteiger partial charge on any atom is 0.319 e. The molecule has 1 aliphatic rings. The Morgan fingerprint density at radius 1 is 1.19 bits per heavy atom. The molecule has 3 rings (SSSR count). The second-order valence-electron chi connectivity index (χ2n) is 6.75. The van der Waals surface area contributed by atoms with Crippen LogP contribution in [-0.2, 0) is 4.79 Å². The lowest BCUT2D eigenvalue weighted by atomic mass is 10.1. The van der Waals surface area contributed by atoms with E-state index >= 15 is 0 Å². The first-order chi connectivity index (χ1) is 13.0. The SMILES string of the molecule is CCOc1ccc(N2C[C@H](NC(=O)Nc3ccc(C)cc3C)CC2=O)cc1. The van der Waals surface area contributed by atoms with Gasteiger partial charge < -0.3 is 20.3 Å². The highest BCUT2D eigenvalue weighted by atomic mass is 16.5. The van der Waals surface area contributed by atoms with Crippen LogP contribution in [0.15, 0.2) is 42.5 Å². The molecule has 1 heterocycles. The molecule has 1 aliphatic heterocycles. The fourth-order valence-corrected chi connectivity index (χ4v) is 3.24. The molecule has 6 nitrogen and oxygen atoms in total. The van der Waals surface area contributed by atoms with E-state index < -0.39 is 0 Å². The summed E-state index contributed by atoms with van der Waals surface area (Å²) >= 11 is 0. The van der Waals surface area contributed by atoms with Crippen LogP contribution in [0.5, 0.6) is 5.75 Å². The van der Waals surface area contributed by atoms with Crippen molar-refractivity contribution in [1.29, 1.82) is 0 Å². The monoisotopic (exact) mass is 367 g/mol. The van der Waals surface area contributed by atoms with Gasteiger partial charge in [-0.3, -0.25) is 4.79 Å². The van der Waals surface area contributed by atoms with Crippen molar-refractivity contribution in [3.8, 4) is 5.75 Å². The van der Waals surface area contributed by atoms with Crippen LogP contribution in [0.1, 0.15) is 24.5 Å². The normalized spacial score (nSPS) is 16.3. The third-order valence-electron chi connectivity index (χ3n) is 4.55. The lowest BCUT2D eigenvalue weighted by Crippen LogP contribution is -2.39. The highest BCUT2D eigenvalue weighted by molar-refractivity contribution is 5.97. The zero-order valence-corrected chi connectivity index (χ0v) is 15.9. The van der Waals surface area contributed by atoms with E-state index in [1.165, 1.54) is 0 Å². The van der Waals surface area contributed by atoms with Gasteiger partial charge in [-0.1, -0.05) is 17.7 Å². The van der Waals surface area contributed by atoms with Crippen LogP contribution < -0.4 is 20.3 Å². The van der Waals surface area contributed by atoms with Crippen LogP contribution in [0.2, 0.25) is 0 Å². The lowest BCUT2D eigenvalue weighted by molar-refractivity contribution is -0.117. The highest BCUT2D eigenvalue weighted by Gasteiger charge is 2.31. The molecule has 1 saturated heterocycles. The minimum atomic E-state index is -0.298. The van der Waals surface area contributed by atoms with Crippen molar-refractivity contribution < 1.29 is 14.3 Å². The summed E-state index contributed by atoms with van der Waals surface area (Å²) in [4.78, 5) is 26.3. The summed E-state index contributed by atoms with van der Waals surface area (Å²) in [6.07, 6.45) is 0.285. The van der Waals surface area contributed by atoms with Crippen LogP contribution in [0.25, 0.3) is 0 Å². The average Bonchev–Trinajstić information content (AvgIpc) is 2.98.